The fourth-order valence-corrected chi connectivity index (χ4v) is 7.18. The van der Waals surface area contributed by atoms with Crippen molar-refractivity contribution < 1.29 is 33.0 Å². The molecule has 3 heterocycles. The molecule has 4 N–H and O–H groups in total. The van der Waals surface area contributed by atoms with Gasteiger partial charge in [0, 0.05) is 28.7 Å². The van der Waals surface area contributed by atoms with E-state index in [9.17, 15) is 19.1 Å². The van der Waals surface area contributed by atoms with E-state index in [-0.39, 0.29) is 46.8 Å². The van der Waals surface area contributed by atoms with Gasteiger partial charge in [0.2, 0.25) is 5.91 Å². The standard InChI is InChI=1S/C32H29ClF2N4O5S/c1-31(30(36)41)13-44-27-18(31)10-24(38-25(27)17-9-19(33)21(35)11-20(17)34)32(42,16-5-6-16)12-37-28(40)15-7-22(43-2)26-23(8-15)45-29(39-26)14-3-4-14/h7-11,14,16,42H,3-6,12-13H2,1-2H3,(H2,36,41)(H,37,40)/t31-,32?/m0/s1. The number of thiazole rings is 1. The van der Waals surface area contributed by atoms with Crippen LogP contribution in [0, 0.1) is 17.6 Å². The number of hydrogen-bond acceptors (Lipinski definition) is 8. The monoisotopic (exact) mass is 654 g/mol. The molecule has 234 valence electrons. The van der Waals surface area contributed by atoms with Gasteiger partial charge in [-0.3, -0.25) is 9.59 Å². The molecule has 2 aromatic heterocycles. The van der Waals surface area contributed by atoms with Crippen LogP contribution in [0.2, 0.25) is 5.02 Å². The van der Waals surface area contributed by atoms with Gasteiger partial charge in [-0.15, -0.1) is 11.3 Å². The van der Waals surface area contributed by atoms with Crippen molar-refractivity contribution >= 4 is 45.0 Å². The van der Waals surface area contributed by atoms with Crippen LogP contribution in [-0.4, -0.2) is 47.2 Å². The summed E-state index contributed by atoms with van der Waals surface area (Å²) in [5.74, 6) is -2.33. The van der Waals surface area contributed by atoms with E-state index in [0.717, 1.165) is 28.6 Å². The van der Waals surface area contributed by atoms with Crippen LogP contribution in [0.1, 0.15) is 65.1 Å². The topological polar surface area (TPSA) is 137 Å². The minimum Gasteiger partial charge on any atom is -0.494 e. The lowest BCUT2D eigenvalue weighted by Crippen LogP contribution is -2.44. The molecule has 9 nitrogen and oxygen atoms in total. The third kappa shape index (κ3) is 4.99. The van der Waals surface area contributed by atoms with Crippen LogP contribution in [-0.2, 0) is 15.8 Å². The van der Waals surface area contributed by atoms with Gasteiger partial charge in [0.25, 0.3) is 5.91 Å². The van der Waals surface area contributed by atoms with Crippen molar-refractivity contribution in [3.8, 4) is 22.8 Å². The molecule has 45 heavy (non-hydrogen) atoms. The van der Waals surface area contributed by atoms with Crippen molar-refractivity contribution in [2.45, 2.75) is 49.5 Å². The van der Waals surface area contributed by atoms with Gasteiger partial charge < -0.3 is 25.6 Å². The van der Waals surface area contributed by atoms with Crippen molar-refractivity contribution in [1.29, 1.82) is 0 Å². The minimum atomic E-state index is -1.71. The first-order valence-electron chi connectivity index (χ1n) is 14.6. The second-order valence-corrected chi connectivity index (χ2v) is 13.7. The summed E-state index contributed by atoms with van der Waals surface area (Å²) >= 11 is 7.55. The Bertz CT molecular complexity index is 1910. The van der Waals surface area contributed by atoms with Gasteiger partial charge in [0.05, 0.1) is 34.1 Å². The Morgan fingerprint density at radius 1 is 1.18 bits per heavy atom. The van der Waals surface area contributed by atoms with Crippen LogP contribution in [0.25, 0.3) is 21.5 Å². The first-order valence-corrected chi connectivity index (χ1v) is 15.7. The second kappa shape index (κ2) is 10.6. The molecule has 0 radical (unpaired) electrons. The molecule has 2 saturated carbocycles. The Morgan fingerprint density at radius 3 is 2.60 bits per heavy atom. The fraction of sp³-hybridized carbons (Fsp3) is 0.375. The Morgan fingerprint density at radius 2 is 1.93 bits per heavy atom. The van der Waals surface area contributed by atoms with Crippen LogP contribution in [0.5, 0.6) is 11.5 Å². The molecule has 0 saturated heterocycles. The predicted octanol–water partition coefficient (Wildman–Crippen LogP) is 5.34. The number of nitrogens with one attached hydrogen (secondary N) is 1. The van der Waals surface area contributed by atoms with Gasteiger partial charge in [-0.1, -0.05) is 11.6 Å². The number of hydrogen-bond donors (Lipinski definition) is 3. The van der Waals surface area contributed by atoms with Crippen LogP contribution < -0.4 is 20.5 Å². The van der Waals surface area contributed by atoms with E-state index in [1.54, 1.807) is 19.1 Å². The Hall–Kier alpha value is -3.87. The molecule has 7 rings (SSSR count). The van der Waals surface area contributed by atoms with Crippen LogP contribution >= 0.6 is 22.9 Å². The van der Waals surface area contributed by atoms with E-state index >= 15 is 4.39 Å². The predicted molar refractivity (Wildman–Crippen MR) is 164 cm³/mol. The van der Waals surface area contributed by atoms with E-state index in [1.165, 1.54) is 24.5 Å². The fourth-order valence-electron chi connectivity index (χ4n) is 5.83. The highest BCUT2D eigenvalue weighted by Gasteiger charge is 2.50. The number of pyridine rings is 1. The van der Waals surface area contributed by atoms with Crippen molar-refractivity contribution in [3.05, 3.63) is 68.8 Å². The smallest absolute Gasteiger partial charge is 0.251 e. The maximum absolute atomic E-state index is 15.2. The zero-order valence-corrected chi connectivity index (χ0v) is 26.0. The number of carbonyl (C=O) groups excluding carboxylic acids is 2. The first kappa shape index (κ1) is 29.8. The SMILES string of the molecule is COc1cc(C(=O)NCC(O)(c2cc3c(c(-c4cc(Cl)c(F)cc4F)n2)OC[C@]3(C)C(N)=O)C2CC2)cc2sc(C3CC3)nc12. The largest absolute Gasteiger partial charge is 0.494 e. The van der Waals surface area contributed by atoms with E-state index < -0.39 is 34.5 Å². The molecule has 0 bridgehead atoms. The number of nitrogens with two attached hydrogens (primary N) is 1. The number of fused-ring (bicyclic) bond motifs is 2. The number of carbonyl (C=O) groups is 2. The molecule has 4 aromatic rings. The summed E-state index contributed by atoms with van der Waals surface area (Å²) in [5.41, 5.74) is 3.92. The van der Waals surface area contributed by atoms with Gasteiger partial charge in [-0.05, 0) is 62.8 Å². The van der Waals surface area contributed by atoms with Crippen molar-refractivity contribution in [3.63, 3.8) is 0 Å². The zero-order chi connectivity index (χ0) is 31.8. The number of nitrogens with zero attached hydrogens (tertiary/aromatic N) is 2. The lowest BCUT2D eigenvalue weighted by atomic mass is 9.81. The Balaban J connectivity index is 1.27. The number of aromatic nitrogens is 2. The number of ether oxygens (including phenoxy) is 2. The highest BCUT2D eigenvalue weighted by molar-refractivity contribution is 7.18. The van der Waals surface area contributed by atoms with E-state index in [4.69, 9.17) is 31.8 Å². The number of halogens is 3. The number of rotatable bonds is 9. The molecule has 0 spiro atoms. The van der Waals surface area contributed by atoms with Crippen molar-refractivity contribution in [2.24, 2.45) is 11.7 Å². The van der Waals surface area contributed by atoms with Gasteiger partial charge >= 0.3 is 0 Å². The highest BCUT2D eigenvalue weighted by atomic mass is 35.5. The normalized spacial score (nSPS) is 20.4. The third-order valence-corrected chi connectivity index (χ3v) is 10.4. The maximum Gasteiger partial charge on any atom is 0.251 e. The van der Waals surface area contributed by atoms with Crippen LogP contribution in [0.4, 0.5) is 8.78 Å². The Kier molecular flexibility index (Phi) is 7.03. The van der Waals surface area contributed by atoms with Gasteiger partial charge in [-0.2, -0.15) is 0 Å². The molecule has 1 unspecified atom stereocenters. The third-order valence-electron chi connectivity index (χ3n) is 8.98. The molecular formula is C32H29ClF2N4O5S. The Labute approximate surface area is 265 Å². The molecule has 2 aromatic carbocycles. The molecule has 2 aliphatic carbocycles. The lowest BCUT2D eigenvalue weighted by Gasteiger charge is -2.30. The summed E-state index contributed by atoms with van der Waals surface area (Å²) in [6.45, 7) is 1.20. The number of amides is 2. The lowest BCUT2D eigenvalue weighted by molar-refractivity contribution is -0.123. The summed E-state index contributed by atoms with van der Waals surface area (Å²) < 4.78 is 41.5. The van der Waals surface area contributed by atoms with Gasteiger partial charge in [-0.25, -0.2) is 18.7 Å². The average Bonchev–Trinajstić information content (AvgIpc) is 3.96. The average molecular weight is 655 g/mol. The van der Waals surface area contributed by atoms with Crippen LogP contribution in [0.3, 0.4) is 0 Å². The number of aliphatic hydroxyl groups is 1. The highest BCUT2D eigenvalue weighted by Crippen LogP contribution is 2.50. The van der Waals surface area contributed by atoms with E-state index in [2.05, 4.69) is 10.3 Å². The summed E-state index contributed by atoms with van der Waals surface area (Å²) in [5, 5.41) is 15.7. The summed E-state index contributed by atoms with van der Waals surface area (Å²) in [7, 11) is 1.52. The van der Waals surface area contributed by atoms with E-state index in [1.807, 2.05) is 0 Å². The summed E-state index contributed by atoms with van der Waals surface area (Å²) in [4.78, 5) is 35.5. The molecule has 13 heteroatoms. The quantitative estimate of drug-likeness (QED) is 0.207. The summed E-state index contributed by atoms with van der Waals surface area (Å²) in [6, 6.07) is 6.62. The number of benzene rings is 2. The first-order chi connectivity index (χ1) is 21.4. The summed E-state index contributed by atoms with van der Waals surface area (Å²) in [6.07, 6.45) is 3.48. The molecule has 1 aliphatic heterocycles. The zero-order valence-electron chi connectivity index (χ0n) is 24.4. The second-order valence-electron chi connectivity index (χ2n) is 12.2. The van der Waals surface area contributed by atoms with Gasteiger partial charge in [0.15, 0.2) is 0 Å². The maximum atomic E-state index is 15.2. The molecule has 2 fully saturated rings. The molecule has 2 amide bonds. The molecule has 3 aliphatic rings. The molecule has 2 atom stereocenters. The van der Waals surface area contributed by atoms with Crippen molar-refractivity contribution in [2.75, 3.05) is 20.3 Å². The number of methoxy groups -OCH3 is 1. The van der Waals surface area contributed by atoms with E-state index in [0.29, 0.717) is 47.2 Å². The number of primary amides is 1. The van der Waals surface area contributed by atoms with Crippen molar-refractivity contribution in [1.82, 2.24) is 15.3 Å². The molecular weight excluding hydrogens is 626 g/mol. The van der Waals surface area contributed by atoms with Gasteiger partial charge in [0.1, 0.15) is 52.0 Å². The minimum absolute atomic E-state index is 0.0656. The van der Waals surface area contributed by atoms with Crippen LogP contribution in [0.15, 0.2) is 30.3 Å².